The Morgan fingerprint density at radius 2 is 2.05 bits per heavy atom. The first-order chi connectivity index (χ1) is 9.13. The van der Waals surface area contributed by atoms with Crippen LogP contribution >= 0.6 is 11.3 Å². The number of hydrogen-bond donors (Lipinski definition) is 0. The van der Waals surface area contributed by atoms with Gasteiger partial charge in [0.15, 0.2) is 0 Å². The van der Waals surface area contributed by atoms with E-state index in [2.05, 4.69) is 11.9 Å². The molecule has 1 amide bonds. The zero-order valence-corrected chi connectivity index (χ0v) is 12.3. The molecule has 2 aromatic rings. The van der Waals surface area contributed by atoms with Crippen molar-refractivity contribution in [3.63, 3.8) is 0 Å². The van der Waals surface area contributed by atoms with E-state index in [1.54, 1.807) is 4.90 Å². The molecule has 1 aromatic carbocycles. The van der Waals surface area contributed by atoms with E-state index in [9.17, 15) is 4.79 Å². The lowest BCUT2D eigenvalue weighted by atomic mass is 10.2. The highest BCUT2D eigenvalue weighted by atomic mass is 32.1. The van der Waals surface area contributed by atoms with Gasteiger partial charge < -0.3 is 4.90 Å². The molecule has 0 aliphatic heterocycles. The number of rotatable bonds is 4. The summed E-state index contributed by atoms with van der Waals surface area (Å²) in [6, 6.07) is 10.2. The fraction of sp³-hybridized carbons (Fsp3) is 0.333. The van der Waals surface area contributed by atoms with E-state index in [0.29, 0.717) is 5.69 Å². The van der Waals surface area contributed by atoms with Crippen LogP contribution in [-0.2, 0) is 0 Å². The number of benzene rings is 1. The van der Waals surface area contributed by atoms with Gasteiger partial charge in [0.2, 0.25) is 0 Å². The number of carbonyl (C=O) groups excluding carboxylic acids is 1. The molecule has 0 aliphatic carbocycles. The van der Waals surface area contributed by atoms with Crippen LogP contribution in [0.25, 0.3) is 10.6 Å². The highest BCUT2D eigenvalue weighted by Gasteiger charge is 2.19. The van der Waals surface area contributed by atoms with Crippen LogP contribution in [0.2, 0.25) is 0 Å². The molecule has 0 aliphatic rings. The van der Waals surface area contributed by atoms with E-state index in [-0.39, 0.29) is 11.9 Å². The van der Waals surface area contributed by atoms with E-state index in [1.165, 1.54) is 11.3 Å². The average molecular weight is 274 g/mol. The fourth-order valence-corrected chi connectivity index (χ4v) is 2.54. The average Bonchev–Trinajstić information content (AvgIpc) is 2.95. The van der Waals surface area contributed by atoms with Gasteiger partial charge in [-0.05, 0) is 13.3 Å². The van der Waals surface area contributed by atoms with Crippen molar-refractivity contribution in [3.05, 3.63) is 41.4 Å². The zero-order valence-electron chi connectivity index (χ0n) is 11.5. The van der Waals surface area contributed by atoms with Crippen LogP contribution in [0, 0.1) is 0 Å². The zero-order chi connectivity index (χ0) is 13.8. The van der Waals surface area contributed by atoms with Crippen LogP contribution in [0.4, 0.5) is 0 Å². The molecular weight excluding hydrogens is 256 g/mol. The minimum atomic E-state index is -0.00668. The molecule has 1 atom stereocenters. The van der Waals surface area contributed by atoms with Crippen molar-refractivity contribution in [1.82, 2.24) is 9.88 Å². The monoisotopic (exact) mass is 274 g/mol. The molecule has 0 spiro atoms. The maximum atomic E-state index is 12.3. The minimum Gasteiger partial charge on any atom is -0.338 e. The van der Waals surface area contributed by atoms with Crippen LogP contribution in [0.15, 0.2) is 35.7 Å². The number of aromatic nitrogens is 1. The number of hydrogen-bond acceptors (Lipinski definition) is 3. The van der Waals surface area contributed by atoms with Gasteiger partial charge in [-0.3, -0.25) is 4.79 Å². The normalized spacial score (nSPS) is 12.2. The third kappa shape index (κ3) is 3.01. The Hall–Kier alpha value is -1.68. The summed E-state index contributed by atoms with van der Waals surface area (Å²) in [4.78, 5) is 18.5. The Bertz CT molecular complexity index is 550. The second-order valence-corrected chi connectivity index (χ2v) is 5.44. The smallest absolute Gasteiger partial charge is 0.273 e. The van der Waals surface area contributed by atoms with Gasteiger partial charge in [0.1, 0.15) is 10.7 Å². The van der Waals surface area contributed by atoms with E-state index in [4.69, 9.17) is 0 Å². The number of carbonyl (C=O) groups is 1. The predicted octanol–water partition coefficient (Wildman–Crippen LogP) is 3.68. The maximum absolute atomic E-state index is 12.3. The molecular formula is C15H18N2OS. The molecule has 1 unspecified atom stereocenters. The standard InChI is InChI=1S/C15H18N2OS/c1-4-11(2)17(3)15(18)13-10-19-14(16-13)12-8-6-5-7-9-12/h5-11H,4H2,1-3H3. The van der Waals surface area contributed by atoms with E-state index >= 15 is 0 Å². The summed E-state index contributed by atoms with van der Waals surface area (Å²) in [6.07, 6.45) is 0.942. The van der Waals surface area contributed by atoms with E-state index < -0.39 is 0 Å². The summed E-state index contributed by atoms with van der Waals surface area (Å²) < 4.78 is 0. The first-order valence-corrected chi connectivity index (χ1v) is 7.29. The van der Waals surface area contributed by atoms with Crippen LogP contribution in [0.5, 0.6) is 0 Å². The van der Waals surface area contributed by atoms with Gasteiger partial charge >= 0.3 is 0 Å². The molecule has 0 saturated carbocycles. The Kier molecular flexibility index (Phi) is 4.32. The van der Waals surface area contributed by atoms with Crippen LogP contribution in [-0.4, -0.2) is 28.9 Å². The molecule has 0 radical (unpaired) electrons. The SMILES string of the molecule is CCC(C)N(C)C(=O)c1csc(-c2ccccc2)n1. The molecule has 0 fully saturated rings. The van der Waals surface area contributed by atoms with Gasteiger partial charge in [0.25, 0.3) is 5.91 Å². The number of nitrogens with zero attached hydrogens (tertiary/aromatic N) is 2. The first-order valence-electron chi connectivity index (χ1n) is 6.41. The Balaban J connectivity index is 2.20. The molecule has 1 aromatic heterocycles. The van der Waals surface area contributed by atoms with Crippen molar-refractivity contribution >= 4 is 17.2 Å². The van der Waals surface area contributed by atoms with Gasteiger partial charge in [-0.1, -0.05) is 37.3 Å². The quantitative estimate of drug-likeness (QED) is 0.852. The predicted molar refractivity (Wildman–Crippen MR) is 79.4 cm³/mol. The van der Waals surface area contributed by atoms with Crippen LogP contribution in [0.3, 0.4) is 0 Å². The van der Waals surface area contributed by atoms with Crippen molar-refractivity contribution in [1.29, 1.82) is 0 Å². The van der Waals surface area contributed by atoms with Crippen molar-refractivity contribution in [2.24, 2.45) is 0 Å². The lowest BCUT2D eigenvalue weighted by Crippen LogP contribution is -2.34. The van der Waals surface area contributed by atoms with Gasteiger partial charge in [-0.15, -0.1) is 11.3 Å². The van der Waals surface area contributed by atoms with Gasteiger partial charge in [-0.2, -0.15) is 0 Å². The second kappa shape index (κ2) is 5.97. The largest absolute Gasteiger partial charge is 0.338 e. The molecule has 0 bridgehead atoms. The first kappa shape index (κ1) is 13.7. The number of amides is 1. The van der Waals surface area contributed by atoms with Crippen molar-refractivity contribution in [2.45, 2.75) is 26.3 Å². The Labute approximate surface area is 117 Å². The lowest BCUT2D eigenvalue weighted by molar-refractivity contribution is 0.0735. The summed E-state index contributed by atoms with van der Waals surface area (Å²) in [5.74, 6) is -0.00668. The number of thiazole rings is 1. The Morgan fingerprint density at radius 3 is 2.68 bits per heavy atom. The molecule has 1 heterocycles. The summed E-state index contributed by atoms with van der Waals surface area (Å²) in [5, 5.41) is 2.73. The van der Waals surface area contributed by atoms with E-state index in [1.807, 2.05) is 49.7 Å². The molecule has 4 heteroatoms. The maximum Gasteiger partial charge on any atom is 0.273 e. The van der Waals surface area contributed by atoms with Crippen LogP contribution in [0.1, 0.15) is 30.8 Å². The highest BCUT2D eigenvalue weighted by molar-refractivity contribution is 7.13. The second-order valence-electron chi connectivity index (χ2n) is 4.58. The summed E-state index contributed by atoms with van der Waals surface area (Å²) in [7, 11) is 1.83. The third-order valence-electron chi connectivity index (χ3n) is 3.32. The topological polar surface area (TPSA) is 33.2 Å². The molecule has 100 valence electrons. The van der Waals surface area contributed by atoms with Gasteiger partial charge in [0.05, 0.1) is 0 Å². The van der Waals surface area contributed by atoms with Crippen molar-refractivity contribution in [3.8, 4) is 10.6 Å². The van der Waals surface area contributed by atoms with Crippen molar-refractivity contribution in [2.75, 3.05) is 7.05 Å². The lowest BCUT2D eigenvalue weighted by Gasteiger charge is -2.22. The van der Waals surface area contributed by atoms with E-state index in [0.717, 1.165) is 17.0 Å². The summed E-state index contributed by atoms with van der Waals surface area (Å²) in [5.41, 5.74) is 1.59. The molecule has 19 heavy (non-hydrogen) atoms. The van der Waals surface area contributed by atoms with Crippen LogP contribution < -0.4 is 0 Å². The summed E-state index contributed by atoms with van der Waals surface area (Å²) in [6.45, 7) is 4.12. The van der Waals surface area contributed by atoms with Crippen molar-refractivity contribution < 1.29 is 4.79 Å². The molecule has 0 N–H and O–H groups in total. The minimum absolute atomic E-state index is 0.00668. The Morgan fingerprint density at radius 1 is 1.37 bits per heavy atom. The molecule has 3 nitrogen and oxygen atoms in total. The summed E-state index contributed by atoms with van der Waals surface area (Å²) >= 11 is 1.51. The fourth-order valence-electron chi connectivity index (χ4n) is 1.74. The van der Waals surface area contributed by atoms with Gasteiger partial charge in [0, 0.05) is 24.0 Å². The third-order valence-corrected chi connectivity index (χ3v) is 4.21. The highest BCUT2D eigenvalue weighted by Crippen LogP contribution is 2.24. The molecule has 2 rings (SSSR count). The van der Waals surface area contributed by atoms with Gasteiger partial charge in [-0.25, -0.2) is 4.98 Å². The molecule has 0 saturated heterocycles.